The van der Waals surface area contributed by atoms with Crippen molar-refractivity contribution in [2.45, 2.75) is 13.8 Å². The molecule has 0 aromatic rings. The molecule has 3 heteroatoms. The summed E-state index contributed by atoms with van der Waals surface area (Å²) in [4.78, 5) is 14.4. The van der Waals surface area contributed by atoms with E-state index in [2.05, 4.69) is 11.6 Å². The molecular formula is C8H12N2O. The first-order chi connectivity index (χ1) is 5.07. The summed E-state index contributed by atoms with van der Waals surface area (Å²) in [6, 6.07) is 0. The van der Waals surface area contributed by atoms with Crippen LogP contribution >= 0.6 is 0 Å². The van der Waals surface area contributed by atoms with Crippen molar-refractivity contribution in [2.75, 3.05) is 0 Å². The van der Waals surface area contributed by atoms with Gasteiger partial charge >= 0.3 is 0 Å². The van der Waals surface area contributed by atoms with Crippen molar-refractivity contribution in [3.05, 3.63) is 24.0 Å². The first-order valence-electron chi connectivity index (χ1n) is 3.23. The number of aliphatic imine (C=N–C) groups is 1. The summed E-state index contributed by atoms with van der Waals surface area (Å²) in [7, 11) is 0. The fourth-order valence-electron chi connectivity index (χ4n) is 0.318. The van der Waals surface area contributed by atoms with Crippen LogP contribution in [0.4, 0.5) is 0 Å². The first-order valence-corrected chi connectivity index (χ1v) is 3.23. The summed E-state index contributed by atoms with van der Waals surface area (Å²) in [5, 5.41) is 0. The van der Waals surface area contributed by atoms with Gasteiger partial charge in [0, 0.05) is 11.8 Å². The maximum Gasteiger partial charge on any atom is 0.160 e. The molecule has 11 heavy (non-hydrogen) atoms. The van der Waals surface area contributed by atoms with Crippen LogP contribution in [0.2, 0.25) is 0 Å². The van der Waals surface area contributed by atoms with Gasteiger partial charge in [-0.2, -0.15) is 0 Å². The molecule has 0 aromatic carbocycles. The van der Waals surface area contributed by atoms with Crippen LogP contribution in [0.15, 0.2) is 29.0 Å². The van der Waals surface area contributed by atoms with Gasteiger partial charge in [0.1, 0.15) is 5.82 Å². The van der Waals surface area contributed by atoms with Crippen LogP contribution in [0.1, 0.15) is 13.8 Å². The Hall–Kier alpha value is -1.38. The molecule has 0 unspecified atom stereocenters. The summed E-state index contributed by atoms with van der Waals surface area (Å²) in [6.45, 7) is 6.68. The van der Waals surface area contributed by atoms with Gasteiger partial charge in [-0.1, -0.05) is 6.58 Å². The second-order valence-electron chi connectivity index (χ2n) is 2.05. The Balaban J connectivity index is 4.15. The lowest BCUT2D eigenvalue weighted by atomic mass is 10.2. The second-order valence-corrected chi connectivity index (χ2v) is 2.05. The molecule has 0 heterocycles. The number of Topliss-reactive ketones (excluding diaryl/α,β-unsaturated/α-hetero) is 1. The highest BCUT2D eigenvalue weighted by Gasteiger charge is 1.93. The molecule has 0 fully saturated rings. The highest BCUT2D eigenvalue weighted by atomic mass is 16.1. The van der Waals surface area contributed by atoms with Gasteiger partial charge in [0.2, 0.25) is 0 Å². The summed E-state index contributed by atoms with van der Waals surface area (Å²) in [5.74, 6) is 0.282. The summed E-state index contributed by atoms with van der Waals surface area (Å²) in [6.07, 6.45) is 3.00. The van der Waals surface area contributed by atoms with Crippen LogP contribution < -0.4 is 5.73 Å². The SMILES string of the molecule is C=C(/C=N\C(N)=C/C)C(C)=O. The second kappa shape index (κ2) is 4.44. The van der Waals surface area contributed by atoms with Gasteiger partial charge in [-0.3, -0.25) is 4.79 Å². The topological polar surface area (TPSA) is 55.4 Å². The van der Waals surface area contributed by atoms with Gasteiger partial charge in [-0.25, -0.2) is 4.99 Å². The summed E-state index contributed by atoms with van der Waals surface area (Å²) in [5.41, 5.74) is 5.69. The van der Waals surface area contributed by atoms with Gasteiger partial charge in [-0.05, 0) is 19.9 Å². The predicted octanol–water partition coefficient (Wildman–Crippen LogP) is 1.02. The predicted molar refractivity (Wildman–Crippen MR) is 46.3 cm³/mol. The Morgan fingerprint density at radius 3 is 2.55 bits per heavy atom. The molecule has 0 atom stereocenters. The summed E-state index contributed by atoms with van der Waals surface area (Å²) >= 11 is 0. The van der Waals surface area contributed by atoms with Crippen LogP contribution in [-0.2, 0) is 4.79 Å². The van der Waals surface area contributed by atoms with Gasteiger partial charge in [0.05, 0.1) is 0 Å². The van der Waals surface area contributed by atoms with Crippen molar-refractivity contribution in [3.8, 4) is 0 Å². The third-order valence-electron chi connectivity index (χ3n) is 1.12. The summed E-state index contributed by atoms with van der Waals surface area (Å²) < 4.78 is 0. The monoisotopic (exact) mass is 152 g/mol. The molecule has 0 rings (SSSR count). The fraction of sp³-hybridized carbons (Fsp3) is 0.250. The number of allylic oxidation sites excluding steroid dienone is 2. The molecule has 0 bridgehead atoms. The Kier molecular flexibility index (Phi) is 3.88. The van der Waals surface area contributed by atoms with E-state index in [4.69, 9.17) is 5.73 Å². The van der Waals surface area contributed by atoms with E-state index in [1.165, 1.54) is 13.1 Å². The van der Waals surface area contributed by atoms with Gasteiger partial charge in [0.25, 0.3) is 0 Å². The van der Waals surface area contributed by atoms with Crippen molar-refractivity contribution in [3.63, 3.8) is 0 Å². The van der Waals surface area contributed by atoms with E-state index < -0.39 is 0 Å². The number of carbonyl (C=O) groups is 1. The molecular weight excluding hydrogens is 140 g/mol. The van der Waals surface area contributed by atoms with Crippen molar-refractivity contribution in [1.29, 1.82) is 0 Å². The van der Waals surface area contributed by atoms with Crippen molar-refractivity contribution in [1.82, 2.24) is 0 Å². The molecule has 0 aliphatic heterocycles. The van der Waals surface area contributed by atoms with Crippen molar-refractivity contribution in [2.24, 2.45) is 10.7 Å². The van der Waals surface area contributed by atoms with E-state index in [1.54, 1.807) is 13.0 Å². The zero-order valence-corrected chi connectivity index (χ0v) is 6.79. The van der Waals surface area contributed by atoms with E-state index in [1.807, 2.05) is 0 Å². The highest BCUT2D eigenvalue weighted by Crippen LogP contribution is 1.90. The minimum atomic E-state index is -0.0994. The molecule has 0 aliphatic rings. The number of ketones is 1. The molecule has 2 N–H and O–H groups in total. The molecule has 0 aromatic heterocycles. The van der Waals surface area contributed by atoms with Gasteiger partial charge in [0.15, 0.2) is 5.78 Å². The number of nitrogens with two attached hydrogens (primary N) is 1. The molecule has 0 aliphatic carbocycles. The van der Waals surface area contributed by atoms with Crippen molar-refractivity contribution >= 4 is 12.0 Å². The third kappa shape index (κ3) is 4.08. The lowest BCUT2D eigenvalue weighted by molar-refractivity contribution is -0.113. The van der Waals surface area contributed by atoms with Crippen LogP contribution in [0.25, 0.3) is 0 Å². The molecule has 0 saturated heterocycles. The molecule has 0 saturated carbocycles. The smallest absolute Gasteiger partial charge is 0.160 e. The minimum Gasteiger partial charge on any atom is -0.384 e. The number of nitrogens with zero attached hydrogens (tertiary/aromatic N) is 1. The van der Waals surface area contributed by atoms with E-state index >= 15 is 0 Å². The standard InChI is InChI=1S/C8H12N2O/c1-4-8(9)10-5-6(2)7(3)11/h4-5H,2,9H2,1,3H3/b8-4-,10-5-. The third-order valence-corrected chi connectivity index (χ3v) is 1.12. The lowest BCUT2D eigenvalue weighted by Gasteiger charge is -1.90. The van der Waals surface area contributed by atoms with Crippen LogP contribution in [0.5, 0.6) is 0 Å². The van der Waals surface area contributed by atoms with Crippen LogP contribution in [0, 0.1) is 0 Å². The Morgan fingerprint density at radius 2 is 2.18 bits per heavy atom. The Bertz CT molecular complexity index is 226. The Morgan fingerprint density at radius 1 is 1.64 bits per heavy atom. The number of rotatable bonds is 3. The van der Waals surface area contributed by atoms with Crippen LogP contribution in [-0.4, -0.2) is 12.0 Å². The van der Waals surface area contributed by atoms with Gasteiger partial charge < -0.3 is 5.73 Å². The maximum absolute atomic E-state index is 10.6. The zero-order valence-electron chi connectivity index (χ0n) is 6.79. The van der Waals surface area contributed by atoms with E-state index in [9.17, 15) is 4.79 Å². The Labute approximate surface area is 66.3 Å². The van der Waals surface area contributed by atoms with E-state index in [0.717, 1.165) is 0 Å². The first kappa shape index (κ1) is 9.62. The van der Waals surface area contributed by atoms with Crippen molar-refractivity contribution < 1.29 is 4.79 Å². The molecule has 0 amide bonds. The minimum absolute atomic E-state index is 0.0994. The quantitative estimate of drug-likeness (QED) is 0.485. The fourth-order valence-corrected chi connectivity index (χ4v) is 0.318. The average Bonchev–Trinajstić information content (AvgIpc) is 1.99. The molecule has 0 radical (unpaired) electrons. The van der Waals surface area contributed by atoms with E-state index in [0.29, 0.717) is 11.4 Å². The number of hydrogen-bond donors (Lipinski definition) is 1. The normalized spacial score (nSPS) is 12.0. The number of hydrogen-bond acceptors (Lipinski definition) is 3. The zero-order chi connectivity index (χ0) is 8.85. The molecule has 60 valence electrons. The highest BCUT2D eigenvalue weighted by molar-refractivity contribution is 6.11. The average molecular weight is 152 g/mol. The molecule has 0 spiro atoms. The maximum atomic E-state index is 10.6. The van der Waals surface area contributed by atoms with Gasteiger partial charge in [-0.15, -0.1) is 0 Å². The van der Waals surface area contributed by atoms with Crippen LogP contribution in [0.3, 0.4) is 0 Å². The largest absolute Gasteiger partial charge is 0.384 e. The van der Waals surface area contributed by atoms with E-state index in [-0.39, 0.29) is 5.78 Å². The molecule has 3 nitrogen and oxygen atoms in total. The number of carbonyl (C=O) groups excluding carboxylic acids is 1. The lowest BCUT2D eigenvalue weighted by Crippen LogP contribution is -1.98.